The molecule has 1 unspecified atom stereocenters. The predicted molar refractivity (Wildman–Crippen MR) is 129 cm³/mol. The third-order valence-corrected chi connectivity index (χ3v) is 7.10. The van der Waals surface area contributed by atoms with Crippen LogP contribution in [0.25, 0.3) is 5.76 Å². The summed E-state index contributed by atoms with van der Waals surface area (Å²) in [5, 5.41) is 11.5. The Balaban J connectivity index is 1.94. The van der Waals surface area contributed by atoms with E-state index < -0.39 is 23.5 Å². The van der Waals surface area contributed by atoms with Gasteiger partial charge < -0.3 is 14.7 Å². The lowest BCUT2D eigenvalue weighted by Crippen LogP contribution is -2.40. The van der Waals surface area contributed by atoms with E-state index >= 15 is 4.39 Å². The number of hydrogen-bond acceptors (Lipinski definition) is 4. The number of rotatable bonds is 5. The van der Waals surface area contributed by atoms with Crippen molar-refractivity contribution in [3.05, 3.63) is 70.0 Å². The van der Waals surface area contributed by atoms with Crippen LogP contribution < -0.4 is 4.74 Å². The summed E-state index contributed by atoms with van der Waals surface area (Å²) in [5.41, 5.74) is 2.20. The van der Waals surface area contributed by atoms with E-state index in [4.69, 9.17) is 4.74 Å². The molecular weight excluding hydrogens is 433 g/mol. The molecule has 6 heteroatoms. The minimum absolute atomic E-state index is 0.0522. The van der Waals surface area contributed by atoms with Gasteiger partial charge in [-0.1, -0.05) is 51.3 Å². The summed E-state index contributed by atoms with van der Waals surface area (Å²) in [6.45, 7) is 5.84. The third-order valence-electron chi connectivity index (χ3n) is 7.10. The van der Waals surface area contributed by atoms with Gasteiger partial charge in [0, 0.05) is 17.2 Å². The van der Waals surface area contributed by atoms with E-state index in [-0.39, 0.29) is 28.9 Å². The van der Waals surface area contributed by atoms with Crippen molar-refractivity contribution in [2.24, 2.45) is 0 Å². The van der Waals surface area contributed by atoms with Crippen LogP contribution >= 0.6 is 0 Å². The molecule has 1 aliphatic heterocycles. The van der Waals surface area contributed by atoms with Crippen LogP contribution in [-0.2, 0) is 9.59 Å². The first-order chi connectivity index (χ1) is 16.3. The van der Waals surface area contributed by atoms with Gasteiger partial charge in [0.15, 0.2) is 0 Å². The number of methoxy groups -OCH3 is 1. The molecule has 1 aliphatic carbocycles. The number of aliphatic hydroxyl groups is 1. The van der Waals surface area contributed by atoms with Gasteiger partial charge in [-0.15, -0.1) is 0 Å². The fourth-order valence-corrected chi connectivity index (χ4v) is 5.31. The van der Waals surface area contributed by atoms with Crippen LogP contribution in [-0.4, -0.2) is 34.8 Å². The highest BCUT2D eigenvalue weighted by atomic mass is 19.1. The molecule has 1 saturated carbocycles. The number of ether oxygens (including phenoxy) is 1. The van der Waals surface area contributed by atoms with Gasteiger partial charge in [-0.3, -0.25) is 9.59 Å². The molecule has 0 aromatic heterocycles. The fourth-order valence-electron chi connectivity index (χ4n) is 5.31. The summed E-state index contributed by atoms with van der Waals surface area (Å²) in [6.07, 6.45) is 4.50. The van der Waals surface area contributed by atoms with E-state index in [9.17, 15) is 14.7 Å². The first-order valence-electron chi connectivity index (χ1n) is 12.0. The van der Waals surface area contributed by atoms with E-state index in [0.717, 1.165) is 37.7 Å². The number of benzene rings is 2. The zero-order chi connectivity index (χ0) is 24.6. The maximum atomic E-state index is 15.1. The van der Waals surface area contributed by atoms with Crippen molar-refractivity contribution in [2.75, 3.05) is 7.11 Å². The van der Waals surface area contributed by atoms with Crippen LogP contribution in [0.1, 0.15) is 80.2 Å². The van der Waals surface area contributed by atoms with Crippen molar-refractivity contribution in [3.63, 3.8) is 0 Å². The molecule has 1 saturated heterocycles. The second-order valence-corrected chi connectivity index (χ2v) is 9.58. The maximum Gasteiger partial charge on any atom is 0.295 e. The molecule has 34 heavy (non-hydrogen) atoms. The van der Waals surface area contributed by atoms with Gasteiger partial charge in [-0.25, -0.2) is 4.39 Å². The third kappa shape index (κ3) is 4.10. The summed E-state index contributed by atoms with van der Waals surface area (Å²) < 4.78 is 20.6. The zero-order valence-electron chi connectivity index (χ0n) is 20.2. The average molecular weight is 466 g/mol. The number of Topliss-reactive ketones (excluding diaryl/α,β-unsaturated/α-hetero) is 1. The Bertz CT molecular complexity index is 1150. The number of amides is 1. The van der Waals surface area contributed by atoms with Gasteiger partial charge >= 0.3 is 0 Å². The molecule has 4 rings (SSSR count). The molecular formula is C28H32FNO4. The van der Waals surface area contributed by atoms with Crippen molar-refractivity contribution < 1.29 is 23.8 Å². The van der Waals surface area contributed by atoms with E-state index in [1.165, 1.54) is 11.0 Å². The highest BCUT2D eigenvalue weighted by molar-refractivity contribution is 6.46. The summed E-state index contributed by atoms with van der Waals surface area (Å²) >= 11 is 0. The molecule has 2 aromatic rings. The van der Waals surface area contributed by atoms with E-state index in [2.05, 4.69) is 0 Å². The SMILES string of the molecule is COc1cc(C)c(/C(O)=C2\C(=O)C(=O)N(C3CCCCC3)C2c2ccccc2F)cc1C(C)C. The number of hydrogen-bond donors (Lipinski definition) is 1. The van der Waals surface area contributed by atoms with Crippen molar-refractivity contribution >= 4 is 17.4 Å². The lowest BCUT2D eigenvalue weighted by Gasteiger charge is -2.35. The molecule has 180 valence electrons. The number of carbonyl (C=O) groups is 2. The number of nitrogens with zero attached hydrogens (tertiary/aromatic N) is 1. The van der Waals surface area contributed by atoms with Gasteiger partial charge in [0.25, 0.3) is 11.7 Å². The molecule has 1 heterocycles. The first-order valence-corrected chi connectivity index (χ1v) is 12.0. The Morgan fingerprint density at radius 3 is 2.41 bits per heavy atom. The molecule has 0 spiro atoms. The summed E-state index contributed by atoms with van der Waals surface area (Å²) in [6, 6.07) is 8.68. The minimum atomic E-state index is -0.965. The van der Waals surface area contributed by atoms with Crippen LogP contribution in [0.15, 0.2) is 42.0 Å². The smallest absolute Gasteiger partial charge is 0.295 e. The second-order valence-electron chi connectivity index (χ2n) is 9.58. The molecule has 2 fully saturated rings. The number of aryl methyl sites for hydroxylation is 1. The highest BCUT2D eigenvalue weighted by Crippen LogP contribution is 2.44. The van der Waals surface area contributed by atoms with Gasteiger partial charge in [0.2, 0.25) is 0 Å². The lowest BCUT2D eigenvalue weighted by atomic mass is 9.89. The first kappa shape index (κ1) is 24.0. The summed E-state index contributed by atoms with van der Waals surface area (Å²) in [5.74, 6) is -1.41. The van der Waals surface area contributed by atoms with Crippen molar-refractivity contribution in [1.29, 1.82) is 0 Å². The van der Waals surface area contributed by atoms with Crippen LogP contribution in [0.5, 0.6) is 5.75 Å². The highest BCUT2D eigenvalue weighted by Gasteiger charge is 2.49. The minimum Gasteiger partial charge on any atom is -0.507 e. The molecule has 1 amide bonds. The Labute approximate surface area is 200 Å². The van der Waals surface area contributed by atoms with Crippen LogP contribution in [0, 0.1) is 12.7 Å². The number of likely N-dealkylation sites (tertiary alicyclic amines) is 1. The van der Waals surface area contributed by atoms with Gasteiger partial charge in [0.05, 0.1) is 18.7 Å². The van der Waals surface area contributed by atoms with Gasteiger partial charge in [-0.05, 0) is 55.0 Å². The molecule has 2 aromatic carbocycles. The maximum absolute atomic E-state index is 15.1. The van der Waals surface area contributed by atoms with Gasteiger partial charge in [0.1, 0.15) is 17.3 Å². The van der Waals surface area contributed by atoms with Gasteiger partial charge in [-0.2, -0.15) is 0 Å². The van der Waals surface area contributed by atoms with E-state index in [0.29, 0.717) is 16.9 Å². The Kier molecular flexibility index (Phi) is 6.78. The van der Waals surface area contributed by atoms with Crippen molar-refractivity contribution in [1.82, 2.24) is 4.90 Å². The van der Waals surface area contributed by atoms with E-state index in [1.54, 1.807) is 31.4 Å². The monoisotopic (exact) mass is 465 g/mol. The lowest BCUT2D eigenvalue weighted by molar-refractivity contribution is -0.141. The predicted octanol–water partition coefficient (Wildman–Crippen LogP) is 6.02. The largest absolute Gasteiger partial charge is 0.507 e. The number of aliphatic hydroxyl groups excluding tert-OH is 1. The average Bonchev–Trinajstić information content (AvgIpc) is 3.09. The number of ketones is 1. The molecule has 0 radical (unpaired) electrons. The second kappa shape index (κ2) is 9.61. The van der Waals surface area contributed by atoms with Crippen LogP contribution in [0.2, 0.25) is 0 Å². The Hall–Kier alpha value is -3.15. The van der Waals surface area contributed by atoms with Crippen LogP contribution in [0.3, 0.4) is 0 Å². The topological polar surface area (TPSA) is 66.8 Å². The molecule has 1 atom stereocenters. The van der Waals surface area contributed by atoms with E-state index in [1.807, 2.05) is 26.8 Å². The standard InChI is InChI=1S/C28H32FNO4/c1-16(2)20-15-21(17(3)14-23(20)34-4)26(31)24-25(19-12-8-9-13-22(19)29)30(28(33)27(24)32)18-10-6-5-7-11-18/h8-9,12-16,18,25,31H,5-7,10-11H2,1-4H3/b26-24+. The quantitative estimate of drug-likeness (QED) is 0.333. The molecule has 1 N–H and O–H groups in total. The number of carbonyl (C=O) groups excluding carboxylic acids is 2. The number of halogens is 1. The Morgan fingerprint density at radius 1 is 1.12 bits per heavy atom. The molecule has 2 aliphatic rings. The Morgan fingerprint density at radius 2 is 1.79 bits per heavy atom. The normalized spacial score (nSPS) is 20.9. The molecule has 0 bridgehead atoms. The van der Waals surface area contributed by atoms with Crippen molar-refractivity contribution in [2.45, 2.75) is 70.9 Å². The zero-order valence-corrected chi connectivity index (χ0v) is 20.2. The summed E-state index contributed by atoms with van der Waals surface area (Å²) in [4.78, 5) is 28.2. The van der Waals surface area contributed by atoms with Crippen LogP contribution in [0.4, 0.5) is 4.39 Å². The fraction of sp³-hybridized carbons (Fsp3) is 0.429. The summed E-state index contributed by atoms with van der Waals surface area (Å²) in [7, 11) is 1.59. The molecule has 5 nitrogen and oxygen atoms in total. The van der Waals surface area contributed by atoms with Crippen molar-refractivity contribution in [3.8, 4) is 5.75 Å².